The van der Waals surface area contributed by atoms with Gasteiger partial charge in [-0.25, -0.2) is 9.59 Å². The summed E-state index contributed by atoms with van der Waals surface area (Å²) in [5, 5.41) is 40.5. The Kier molecular flexibility index (Phi) is 5.69. The van der Waals surface area contributed by atoms with Crippen molar-refractivity contribution in [3.05, 3.63) is 29.8 Å². The van der Waals surface area contributed by atoms with E-state index in [2.05, 4.69) is 5.32 Å². The Morgan fingerprint density at radius 3 is 2.16 bits per heavy atom. The molecule has 25 heavy (non-hydrogen) atoms. The van der Waals surface area contributed by atoms with E-state index in [-0.39, 0.29) is 11.5 Å². The van der Waals surface area contributed by atoms with Crippen LogP contribution in [0, 0.1) is 0 Å². The number of anilines is 1. The van der Waals surface area contributed by atoms with Crippen LogP contribution in [0.5, 0.6) is 0 Å². The molecule has 5 atom stereocenters. The van der Waals surface area contributed by atoms with Crippen LogP contribution in [0.4, 0.5) is 5.69 Å². The maximum Gasteiger partial charge on any atom is 0.340 e. The lowest BCUT2D eigenvalue weighted by Crippen LogP contribution is -2.60. The lowest BCUT2D eigenvalue weighted by atomic mass is 9.99. The van der Waals surface area contributed by atoms with Crippen LogP contribution >= 0.6 is 0 Å². The summed E-state index contributed by atoms with van der Waals surface area (Å²) >= 11 is 0. The van der Waals surface area contributed by atoms with Crippen molar-refractivity contribution >= 4 is 23.5 Å². The van der Waals surface area contributed by atoms with Crippen molar-refractivity contribution in [3.8, 4) is 0 Å². The Bertz CT molecular complexity index is 659. The number of hydrogen-bond donors (Lipinski definition) is 5. The monoisotopic (exact) mass is 355 g/mol. The van der Waals surface area contributed by atoms with E-state index in [1.165, 1.54) is 31.2 Å². The maximum atomic E-state index is 12.1. The molecule has 5 N–H and O–H groups in total. The first-order valence-corrected chi connectivity index (χ1v) is 7.22. The molecule has 5 unspecified atom stereocenters. The molecule has 1 heterocycles. The number of carbonyl (C=O) groups excluding carboxylic acids is 2. The van der Waals surface area contributed by atoms with Gasteiger partial charge in [0.05, 0.1) is 5.56 Å². The molecule has 0 spiro atoms. The predicted molar refractivity (Wildman–Crippen MR) is 80.5 cm³/mol. The largest absolute Gasteiger partial charge is 0.479 e. The summed E-state index contributed by atoms with van der Waals surface area (Å²) in [5.41, 5.74) is 0.486. The molecule has 1 amide bonds. The number of carboxylic acids is 1. The smallest absolute Gasteiger partial charge is 0.340 e. The van der Waals surface area contributed by atoms with Crippen molar-refractivity contribution in [1.29, 1.82) is 0 Å². The number of ether oxygens (including phenoxy) is 2. The Balaban J connectivity index is 2.08. The number of amides is 1. The third-order valence-corrected chi connectivity index (χ3v) is 3.48. The standard InChI is InChI=1S/C15H17NO9/c1-6(17)16-8-4-2-7(3-5-8)14(23)25-15-11(20)9(18)10(19)12(24-15)13(21)22/h2-5,9-12,15,18-20H,1H3,(H,16,17)(H,21,22). The molecule has 1 fully saturated rings. The summed E-state index contributed by atoms with van der Waals surface area (Å²) in [6, 6.07) is 5.55. The molecule has 10 heteroatoms. The van der Waals surface area contributed by atoms with Crippen molar-refractivity contribution in [2.75, 3.05) is 5.32 Å². The number of aliphatic hydroxyl groups excluding tert-OH is 3. The number of aliphatic hydroxyl groups is 3. The van der Waals surface area contributed by atoms with Gasteiger partial charge in [0.1, 0.15) is 18.3 Å². The highest BCUT2D eigenvalue weighted by molar-refractivity contribution is 5.92. The molecule has 0 radical (unpaired) electrons. The fraction of sp³-hybridized carbons (Fsp3) is 0.400. The molecule has 0 bridgehead atoms. The Morgan fingerprint density at radius 1 is 1.04 bits per heavy atom. The van der Waals surface area contributed by atoms with Gasteiger partial charge in [-0.3, -0.25) is 4.79 Å². The van der Waals surface area contributed by atoms with Gasteiger partial charge in [0.15, 0.2) is 6.10 Å². The van der Waals surface area contributed by atoms with E-state index in [0.29, 0.717) is 5.69 Å². The van der Waals surface area contributed by atoms with Gasteiger partial charge in [-0.15, -0.1) is 0 Å². The number of nitrogens with one attached hydrogen (secondary N) is 1. The summed E-state index contributed by atoms with van der Waals surface area (Å²) in [6.45, 7) is 1.32. The second-order valence-electron chi connectivity index (χ2n) is 5.40. The highest BCUT2D eigenvalue weighted by atomic mass is 16.7. The Labute approximate surface area is 141 Å². The quantitative estimate of drug-likeness (QED) is 0.413. The first kappa shape index (κ1) is 18.8. The first-order valence-electron chi connectivity index (χ1n) is 7.22. The molecule has 1 aliphatic heterocycles. The molecule has 2 rings (SSSR count). The fourth-order valence-corrected chi connectivity index (χ4v) is 2.22. The minimum atomic E-state index is -1.88. The molecule has 0 aliphatic carbocycles. The van der Waals surface area contributed by atoms with Gasteiger partial charge in [-0.2, -0.15) is 0 Å². The van der Waals surface area contributed by atoms with Crippen LogP contribution in [0.25, 0.3) is 0 Å². The zero-order valence-electron chi connectivity index (χ0n) is 13.0. The maximum absolute atomic E-state index is 12.1. The van der Waals surface area contributed by atoms with Gasteiger partial charge in [0.2, 0.25) is 12.2 Å². The molecule has 0 saturated carbocycles. The van der Waals surface area contributed by atoms with Crippen LogP contribution in [0.15, 0.2) is 24.3 Å². The summed E-state index contributed by atoms with van der Waals surface area (Å²) in [5.74, 6) is -2.83. The van der Waals surface area contributed by atoms with Crippen LogP contribution in [0.1, 0.15) is 17.3 Å². The van der Waals surface area contributed by atoms with E-state index in [4.69, 9.17) is 14.6 Å². The van der Waals surface area contributed by atoms with E-state index in [1.54, 1.807) is 0 Å². The summed E-state index contributed by atoms with van der Waals surface area (Å²) in [7, 11) is 0. The SMILES string of the molecule is CC(=O)Nc1ccc(C(=O)OC2OC(C(=O)O)C(O)C(O)C2O)cc1. The zero-order valence-corrected chi connectivity index (χ0v) is 13.0. The molecule has 1 aromatic rings. The number of carbonyl (C=O) groups is 3. The van der Waals surface area contributed by atoms with E-state index in [9.17, 15) is 29.7 Å². The first-order chi connectivity index (χ1) is 11.7. The summed E-state index contributed by atoms with van der Waals surface area (Å²) in [6.07, 6.45) is -9.21. The van der Waals surface area contributed by atoms with Crippen LogP contribution in [-0.2, 0) is 19.1 Å². The number of hydrogen-bond acceptors (Lipinski definition) is 8. The number of aliphatic carboxylic acids is 1. The molecular weight excluding hydrogens is 338 g/mol. The third-order valence-electron chi connectivity index (χ3n) is 3.48. The van der Waals surface area contributed by atoms with Crippen molar-refractivity contribution in [2.45, 2.75) is 37.6 Å². The van der Waals surface area contributed by atoms with Crippen LogP contribution in [0.2, 0.25) is 0 Å². The Morgan fingerprint density at radius 2 is 1.64 bits per heavy atom. The number of esters is 1. The van der Waals surface area contributed by atoms with Gasteiger partial charge in [0.25, 0.3) is 0 Å². The number of rotatable bonds is 4. The Hall–Kier alpha value is -2.53. The average Bonchev–Trinajstić information content (AvgIpc) is 2.55. The second-order valence-corrected chi connectivity index (χ2v) is 5.40. The zero-order chi connectivity index (χ0) is 18.7. The minimum absolute atomic E-state index is 0.0392. The van der Waals surface area contributed by atoms with Crippen molar-refractivity contribution in [1.82, 2.24) is 0 Å². The summed E-state index contributed by atoms with van der Waals surface area (Å²) in [4.78, 5) is 34.0. The second kappa shape index (κ2) is 7.57. The van der Waals surface area contributed by atoms with Gasteiger partial charge in [-0.05, 0) is 24.3 Å². The van der Waals surface area contributed by atoms with Crippen LogP contribution < -0.4 is 5.32 Å². The van der Waals surface area contributed by atoms with Crippen molar-refractivity contribution < 1.29 is 44.3 Å². The summed E-state index contributed by atoms with van der Waals surface area (Å²) < 4.78 is 9.73. The van der Waals surface area contributed by atoms with Gasteiger partial charge in [0, 0.05) is 12.6 Å². The lowest BCUT2D eigenvalue weighted by molar-refractivity contribution is -0.278. The molecule has 10 nitrogen and oxygen atoms in total. The molecule has 0 aromatic heterocycles. The number of benzene rings is 1. The molecule has 1 saturated heterocycles. The van der Waals surface area contributed by atoms with Gasteiger partial charge < -0.3 is 35.2 Å². The van der Waals surface area contributed by atoms with E-state index < -0.39 is 42.6 Å². The third kappa shape index (κ3) is 4.31. The van der Waals surface area contributed by atoms with Crippen molar-refractivity contribution in [2.24, 2.45) is 0 Å². The fourth-order valence-electron chi connectivity index (χ4n) is 2.22. The van der Waals surface area contributed by atoms with E-state index in [1.807, 2.05) is 0 Å². The normalized spacial score (nSPS) is 28.9. The molecule has 1 aliphatic rings. The van der Waals surface area contributed by atoms with Gasteiger partial charge in [-0.1, -0.05) is 0 Å². The van der Waals surface area contributed by atoms with Crippen molar-refractivity contribution in [3.63, 3.8) is 0 Å². The molecular formula is C15H17NO9. The van der Waals surface area contributed by atoms with E-state index in [0.717, 1.165) is 0 Å². The topological polar surface area (TPSA) is 163 Å². The van der Waals surface area contributed by atoms with Gasteiger partial charge >= 0.3 is 11.9 Å². The van der Waals surface area contributed by atoms with Crippen LogP contribution in [-0.4, -0.2) is 69.0 Å². The van der Waals surface area contributed by atoms with Crippen LogP contribution in [0.3, 0.4) is 0 Å². The average molecular weight is 355 g/mol. The lowest BCUT2D eigenvalue weighted by Gasteiger charge is -2.37. The number of carboxylic acid groups (broad SMARTS) is 1. The molecule has 1 aromatic carbocycles. The highest BCUT2D eigenvalue weighted by Crippen LogP contribution is 2.23. The predicted octanol–water partition coefficient (Wildman–Crippen LogP) is -1.31. The minimum Gasteiger partial charge on any atom is -0.479 e. The van der Waals surface area contributed by atoms with E-state index >= 15 is 0 Å². The highest BCUT2D eigenvalue weighted by Gasteiger charge is 2.48. The molecule has 136 valence electrons.